The summed E-state index contributed by atoms with van der Waals surface area (Å²) in [5.41, 5.74) is -0.521. The second kappa shape index (κ2) is 5.92. The van der Waals surface area contributed by atoms with Crippen LogP contribution in [0.4, 0.5) is 8.78 Å². The molecule has 16 heavy (non-hydrogen) atoms. The highest BCUT2D eigenvalue weighted by Gasteiger charge is 2.31. The van der Waals surface area contributed by atoms with E-state index < -0.39 is 18.1 Å². The first-order valence-electron chi connectivity index (χ1n) is 5.79. The zero-order valence-corrected chi connectivity index (χ0v) is 11.2. The Hall–Kier alpha value is -0.220. The van der Waals surface area contributed by atoms with E-state index in [1.54, 1.807) is 20.8 Å². The summed E-state index contributed by atoms with van der Waals surface area (Å²) >= 11 is 0. The third kappa shape index (κ3) is 7.99. The molecule has 0 radical (unpaired) electrons. The molecule has 0 aromatic heterocycles. The summed E-state index contributed by atoms with van der Waals surface area (Å²) in [6.45, 7) is 10.4. The Labute approximate surface area is 97.7 Å². The van der Waals surface area contributed by atoms with Crippen LogP contribution < -0.4 is 5.32 Å². The van der Waals surface area contributed by atoms with Crippen molar-refractivity contribution in [3.8, 4) is 0 Å². The summed E-state index contributed by atoms with van der Waals surface area (Å²) in [6, 6.07) is 0.0838. The van der Waals surface area contributed by atoms with E-state index in [9.17, 15) is 8.78 Å². The monoisotopic (exact) mass is 237 g/mol. The van der Waals surface area contributed by atoms with Crippen molar-refractivity contribution in [2.45, 2.75) is 59.1 Å². The lowest BCUT2D eigenvalue weighted by Crippen LogP contribution is -2.43. The fraction of sp³-hybridized carbons (Fsp3) is 1.00. The maximum Gasteiger partial charge on any atom is 0.283 e. The lowest BCUT2D eigenvalue weighted by atomic mass is 10.1. The predicted molar refractivity (Wildman–Crippen MR) is 63.0 cm³/mol. The van der Waals surface area contributed by atoms with Crippen LogP contribution in [0.2, 0.25) is 0 Å². The first-order chi connectivity index (χ1) is 7.03. The lowest BCUT2D eigenvalue weighted by molar-refractivity contribution is -0.120. The minimum atomic E-state index is -2.81. The van der Waals surface area contributed by atoms with Crippen molar-refractivity contribution < 1.29 is 13.5 Å². The molecule has 0 heterocycles. The highest BCUT2D eigenvalue weighted by molar-refractivity contribution is 4.75. The summed E-state index contributed by atoms with van der Waals surface area (Å²) in [6.07, 6.45) is 0. The van der Waals surface area contributed by atoms with Crippen molar-refractivity contribution in [1.82, 2.24) is 5.32 Å². The van der Waals surface area contributed by atoms with E-state index in [2.05, 4.69) is 5.32 Å². The molecule has 0 saturated carbocycles. The zero-order chi connectivity index (χ0) is 13.0. The van der Waals surface area contributed by atoms with Gasteiger partial charge in [-0.1, -0.05) is 13.8 Å². The molecule has 1 atom stereocenters. The van der Waals surface area contributed by atoms with Crippen LogP contribution in [0.15, 0.2) is 0 Å². The molecule has 98 valence electrons. The molecule has 4 heteroatoms. The van der Waals surface area contributed by atoms with Crippen LogP contribution in [0.5, 0.6) is 0 Å². The van der Waals surface area contributed by atoms with Gasteiger partial charge in [-0.05, 0) is 33.6 Å². The number of ether oxygens (including phenoxy) is 1. The van der Waals surface area contributed by atoms with Gasteiger partial charge >= 0.3 is 0 Å². The van der Waals surface area contributed by atoms with Gasteiger partial charge in [0, 0.05) is 6.04 Å². The Morgan fingerprint density at radius 1 is 1.12 bits per heavy atom. The molecule has 0 aliphatic carbocycles. The van der Waals surface area contributed by atoms with Crippen LogP contribution in [-0.2, 0) is 4.74 Å². The summed E-state index contributed by atoms with van der Waals surface area (Å²) < 4.78 is 31.9. The summed E-state index contributed by atoms with van der Waals surface area (Å²) in [4.78, 5) is 0. The third-order valence-corrected chi connectivity index (χ3v) is 2.40. The average molecular weight is 237 g/mol. The Morgan fingerprint density at radius 3 is 2.00 bits per heavy atom. The smallest absolute Gasteiger partial charge is 0.283 e. The Bertz CT molecular complexity index is 200. The highest BCUT2D eigenvalue weighted by atomic mass is 19.3. The van der Waals surface area contributed by atoms with Gasteiger partial charge in [0.15, 0.2) is 0 Å². The van der Waals surface area contributed by atoms with E-state index in [1.807, 2.05) is 20.8 Å². The second-order valence-corrected chi connectivity index (χ2v) is 5.67. The summed E-state index contributed by atoms with van der Waals surface area (Å²) in [5.74, 6) is -2.46. The first kappa shape index (κ1) is 15.8. The predicted octanol–water partition coefficient (Wildman–Crippen LogP) is 3.07. The number of hydrogen-bond donors (Lipinski definition) is 1. The fourth-order valence-electron chi connectivity index (χ4n) is 0.919. The van der Waals surface area contributed by atoms with Crippen molar-refractivity contribution in [2.75, 3.05) is 13.2 Å². The van der Waals surface area contributed by atoms with Gasteiger partial charge in [0.1, 0.15) is 6.61 Å². The van der Waals surface area contributed by atoms with Gasteiger partial charge in [-0.15, -0.1) is 0 Å². The second-order valence-electron chi connectivity index (χ2n) is 5.67. The maximum absolute atomic E-state index is 13.4. The molecule has 0 aliphatic heterocycles. The van der Waals surface area contributed by atoms with Gasteiger partial charge < -0.3 is 10.1 Å². The van der Waals surface area contributed by atoms with Gasteiger partial charge in [-0.2, -0.15) is 0 Å². The SMILES string of the molecule is CC(C)[C@H](C)NCC(F)(F)COC(C)(C)C. The molecule has 0 aliphatic rings. The molecular formula is C12H25F2NO. The van der Waals surface area contributed by atoms with Gasteiger partial charge in [-0.3, -0.25) is 0 Å². The van der Waals surface area contributed by atoms with Gasteiger partial charge in [0.25, 0.3) is 5.92 Å². The minimum Gasteiger partial charge on any atom is -0.370 e. The average Bonchev–Trinajstić information content (AvgIpc) is 2.10. The van der Waals surface area contributed by atoms with Crippen LogP contribution in [0, 0.1) is 5.92 Å². The molecule has 0 rings (SSSR count). The molecule has 0 aromatic rings. The maximum atomic E-state index is 13.4. The van der Waals surface area contributed by atoms with Crippen LogP contribution in [0.1, 0.15) is 41.5 Å². The molecule has 0 amide bonds. The molecule has 0 bridgehead atoms. The van der Waals surface area contributed by atoms with Crippen LogP contribution in [-0.4, -0.2) is 30.7 Å². The number of rotatable bonds is 6. The van der Waals surface area contributed by atoms with E-state index in [4.69, 9.17) is 4.74 Å². The van der Waals surface area contributed by atoms with E-state index in [1.165, 1.54) is 0 Å². The molecule has 2 nitrogen and oxygen atoms in total. The van der Waals surface area contributed by atoms with E-state index >= 15 is 0 Å². The van der Waals surface area contributed by atoms with E-state index in [-0.39, 0.29) is 12.6 Å². The van der Waals surface area contributed by atoms with Gasteiger partial charge in [0.05, 0.1) is 12.1 Å². The standard InChI is InChI=1S/C12H25F2NO/c1-9(2)10(3)15-7-12(13,14)8-16-11(4,5)6/h9-10,15H,7-8H2,1-6H3/t10-/m0/s1. The molecular weight excluding hydrogens is 212 g/mol. The van der Waals surface area contributed by atoms with Crippen LogP contribution in [0.3, 0.4) is 0 Å². The molecule has 0 spiro atoms. The molecule has 0 aromatic carbocycles. The largest absolute Gasteiger partial charge is 0.370 e. The van der Waals surface area contributed by atoms with Crippen LogP contribution >= 0.6 is 0 Å². The first-order valence-corrected chi connectivity index (χ1v) is 5.79. The van der Waals surface area contributed by atoms with E-state index in [0.717, 1.165) is 0 Å². The zero-order valence-electron chi connectivity index (χ0n) is 11.2. The summed E-state index contributed by atoms with van der Waals surface area (Å²) in [7, 11) is 0. The molecule has 1 N–H and O–H groups in total. The molecule has 0 unspecified atom stereocenters. The van der Waals surface area contributed by atoms with Crippen LogP contribution in [0.25, 0.3) is 0 Å². The topological polar surface area (TPSA) is 21.3 Å². The van der Waals surface area contributed by atoms with Crippen molar-refractivity contribution in [3.63, 3.8) is 0 Å². The van der Waals surface area contributed by atoms with E-state index in [0.29, 0.717) is 5.92 Å². The van der Waals surface area contributed by atoms with Crippen molar-refractivity contribution >= 4 is 0 Å². The van der Waals surface area contributed by atoms with Gasteiger partial charge in [-0.25, -0.2) is 8.78 Å². The van der Waals surface area contributed by atoms with Gasteiger partial charge in [0.2, 0.25) is 0 Å². The Kier molecular flexibility index (Phi) is 5.84. The minimum absolute atomic E-state index is 0.0838. The molecule has 0 saturated heterocycles. The van der Waals surface area contributed by atoms with Crippen molar-refractivity contribution in [3.05, 3.63) is 0 Å². The Morgan fingerprint density at radius 2 is 1.62 bits per heavy atom. The number of nitrogens with one attached hydrogen (secondary N) is 1. The number of halogens is 2. The van der Waals surface area contributed by atoms with Crippen molar-refractivity contribution in [2.24, 2.45) is 5.92 Å². The Balaban J connectivity index is 3.96. The highest BCUT2D eigenvalue weighted by Crippen LogP contribution is 2.17. The normalized spacial score (nSPS) is 15.6. The molecule has 0 fully saturated rings. The third-order valence-electron chi connectivity index (χ3n) is 2.40. The fourth-order valence-corrected chi connectivity index (χ4v) is 0.919. The quantitative estimate of drug-likeness (QED) is 0.766. The lowest BCUT2D eigenvalue weighted by Gasteiger charge is -2.26. The van der Waals surface area contributed by atoms with Crippen molar-refractivity contribution in [1.29, 1.82) is 0 Å². The summed E-state index contributed by atoms with van der Waals surface area (Å²) in [5, 5.41) is 2.83. The number of hydrogen-bond acceptors (Lipinski definition) is 2. The number of alkyl halides is 2.